The van der Waals surface area contributed by atoms with Crippen LogP contribution in [0.5, 0.6) is 0 Å². The summed E-state index contributed by atoms with van der Waals surface area (Å²) in [6, 6.07) is 8.50. The zero-order valence-corrected chi connectivity index (χ0v) is 11.9. The molecule has 1 aromatic carbocycles. The van der Waals surface area contributed by atoms with E-state index >= 15 is 0 Å². The molecule has 0 fully saturated rings. The fourth-order valence-electron chi connectivity index (χ4n) is 2.81. The molecule has 1 atom stereocenters. The fourth-order valence-corrected chi connectivity index (χ4v) is 2.81. The molecule has 1 heterocycles. The lowest BCUT2D eigenvalue weighted by Crippen LogP contribution is -2.43. The first-order chi connectivity index (χ1) is 9.26. The van der Waals surface area contributed by atoms with Gasteiger partial charge in [0.1, 0.15) is 6.04 Å². The molecule has 19 heavy (non-hydrogen) atoms. The molecule has 1 aliphatic heterocycles. The summed E-state index contributed by atoms with van der Waals surface area (Å²) in [7, 11) is 0. The van der Waals surface area contributed by atoms with Crippen LogP contribution in [0.3, 0.4) is 0 Å². The van der Waals surface area contributed by atoms with Gasteiger partial charge >= 0.3 is 5.97 Å². The quantitative estimate of drug-likeness (QED) is 0.780. The lowest BCUT2D eigenvalue weighted by atomic mass is 10.0. The standard InChI is InChI=1S/C16H23NO2/c1-3-15(16(18)19-4-2)17-11-9-13-7-5-6-8-14(13)10-12-17/h5-8,15H,3-4,9-12H2,1-2H3. The van der Waals surface area contributed by atoms with Gasteiger partial charge in [0.05, 0.1) is 6.61 Å². The first-order valence-corrected chi connectivity index (χ1v) is 7.23. The van der Waals surface area contributed by atoms with Crippen LogP contribution in [0.1, 0.15) is 31.4 Å². The molecule has 104 valence electrons. The largest absolute Gasteiger partial charge is 0.465 e. The predicted octanol–water partition coefficient (Wildman–Crippen LogP) is 2.43. The average molecular weight is 261 g/mol. The summed E-state index contributed by atoms with van der Waals surface area (Å²) in [5, 5.41) is 0. The number of ether oxygens (including phenoxy) is 1. The predicted molar refractivity (Wildman–Crippen MR) is 76.1 cm³/mol. The summed E-state index contributed by atoms with van der Waals surface area (Å²) in [6.45, 7) is 6.26. The summed E-state index contributed by atoms with van der Waals surface area (Å²) in [5.74, 6) is -0.0732. The van der Waals surface area contributed by atoms with Crippen molar-refractivity contribution in [2.75, 3.05) is 19.7 Å². The van der Waals surface area contributed by atoms with Crippen LogP contribution in [0.4, 0.5) is 0 Å². The Kier molecular flexibility index (Phi) is 4.97. The fraction of sp³-hybridized carbons (Fsp3) is 0.562. The Bertz CT molecular complexity index is 404. The Balaban J connectivity index is 2.05. The Morgan fingerprint density at radius 2 is 1.79 bits per heavy atom. The van der Waals surface area contributed by atoms with Gasteiger partial charge in [-0.2, -0.15) is 0 Å². The minimum absolute atomic E-state index is 0.0732. The molecule has 1 unspecified atom stereocenters. The average Bonchev–Trinajstić information content (AvgIpc) is 2.63. The van der Waals surface area contributed by atoms with Crippen LogP contribution in [0.25, 0.3) is 0 Å². The van der Waals surface area contributed by atoms with Gasteiger partial charge in [0.25, 0.3) is 0 Å². The SMILES string of the molecule is CCOC(=O)C(CC)N1CCc2ccccc2CC1. The van der Waals surface area contributed by atoms with E-state index in [1.54, 1.807) is 0 Å². The van der Waals surface area contributed by atoms with Crippen molar-refractivity contribution < 1.29 is 9.53 Å². The summed E-state index contributed by atoms with van der Waals surface area (Å²) >= 11 is 0. The van der Waals surface area contributed by atoms with E-state index < -0.39 is 0 Å². The smallest absolute Gasteiger partial charge is 0.323 e. The molecule has 1 aromatic rings. The molecule has 0 spiro atoms. The molecular weight excluding hydrogens is 238 g/mol. The molecule has 0 aliphatic carbocycles. The van der Waals surface area contributed by atoms with Crippen molar-refractivity contribution in [1.82, 2.24) is 4.90 Å². The first kappa shape index (κ1) is 14.1. The molecule has 2 rings (SSSR count). The molecule has 3 heteroatoms. The van der Waals surface area contributed by atoms with Crippen molar-refractivity contribution >= 4 is 5.97 Å². The molecule has 0 N–H and O–H groups in total. The number of hydrogen-bond acceptors (Lipinski definition) is 3. The molecule has 0 saturated carbocycles. The minimum atomic E-state index is -0.0886. The zero-order chi connectivity index (χ0) is 13.7. The number of carbonyl (C=O) groups is 1. The highest BCUT2D eigenvalue weighted by Crippen LogP contribution is 2.18. The maximum atomic E-state index is 12.0. The van der Waals surface area contributed by atoms with Crippen LogP contribution in [0.15, 0.2) is 24.3 Å². The van der Waals surface area contributed by atoms with Crippen molar-refractivity contribution in [2.24, 2.45) is 0 Å². The lowest BCUT2D eigenvalue weighted by Gasteiger charge is -2.27. The van der Waals surface area contributed by atoms with E-state index in [-0.39, 0.29) is 12.0 Å². The van der Waals surface area contributed by atoms with Gasteiger partial charge in [-0.05, 0) is 37.3 Å². The van der Waals surface area contributed by atoms with E-state index in [9.17, 15) is 4.79 Å². The van der Waals surface area contributed by atoms with Crippen LogP contribution in [0.2, 0.25) is 0 Å². The number of esters is 1. The Hall–Kier alpha value is -1.35. The maximum Gasteiger partial charge on any atom is 0.323 e. The lowest BCUT2D eigenvalue weighted by molar-refractivity contribution is -0.149. The zero-order valence-electron chi connectivity index (χ0n) is 11.9. The molecule has 0 saturated heterocycles. The molecule has 0 radical (unpaired) electrons. The Labute approximate surface area is 115 Å². The molecular formula is C16H23NO2. The molecule has 0 aromatic heterocycles. The van der Waals surface area contributed by atoms with E-state index in [2.05, 4.69) is 36.1 Å². The molecule has 1 aliphatic rings. The highest BCUT2D eigenvalue weighted by Gasteiger charge is 2.26. The van der Waals surface area contributed by atoms with E-state index in [1.165, 1.54) is 11.1 Å². The van der Waals surface area contributed by atoms with Gasteiger partial charge in [0.15, 0.2) is 0 Å². The highest BCUT2D eigenvalue weighted by molar-refractivity contribution is 5.75. The third kappa shape index (κ3) is 3.35. The maximum absolute atomic E-state index is 12.0. The summed E-state index contributed by atoms with van der Waals surface area (Å²) < 4.78 is 5.19. The third-order valence-electron chi connectivity index (χ3n) is 3.84. The van der Waals surface area contributed by atoms with Gasteiger partial charge < -0.3 is 4.74 Å². The van der Waals surface area contributed by atoms with Crippen LogP contribution < -0.4 is 0 Å². The number of nitrogens with zero attached hydrogens (tertiary/aromatic N) is 1. The van der Waals surface area contributed by atoms with Crippen molar-refractivity contribution in [3.05, 3.63) is 35.4 Å². The Morgan fingerprint density at radius 1 is 1.21 bits per heavy atom. The minimum Gasteiger partial charge on any atom is -0.465 e. The van der Waals surface area contributed by atoms with Gasteiger partial charge in [0, 0.05) is 13.1 Å². The topological polar surface area (TPSA) is 29.5 Å². The second kappa shape index (κ2) is 6.71. The number of hydrogen-bond donors (Lipinski definition) is 0. The van der Waals surface area contributed by atoms with Gasteiger partial charge in [-0.1, -0.05) is 31.2 Å². The van der Waals surface area contributed by atoms with Crippen LogP contribution >= 0.6 is 0 Å². The summed E-state index contributed by atoms with van der Waals surface area (Å²) in [5.41, 5.74) is 2.84. The number of rotatable bonds is 4. The normalized spacial score (nSPS) is 17.4. The second-order valence-electron chi connectivity index (χ2n) is 4.98. The number of fused-ring (bicyclic) bond motifs is 1. The van der Waals surface area contributed by atoms with Crippen LogP contribution in [-0.4, -0.2) is 36.6 Å². The van der Waals surface area contributed by atoms with Crippen molar-refractivity contribution in [3.63, 3.8) is 0 Å². The summed E-state index contributed by atoms with van der Waals surface area (Å²) in [6.07, 6.45) is 2.85. The highest BCUT2D eigenvalue weighted by atomic mass is 16.5. The van der Waals surface area contributed by atoms with Gasteiger partial charge in [-0.3, -0.25) is 9.69 Å². The molecule has 0 amide bonds. The molecule has 0 bridgehead atoms. The number of benzene rings is 1. The monoisotopic (exact) mass is 261 g/mol. The van der Waals surface area contributed by atoms with E-state index in [0.717, 1.165) is 32.4 Å². The number of carbonyl (C=O) groups excluding carboxylic acids is 1. The van der Waals surface area contributed by atoms with E-state index in [4.69, 9.17) is 4.74 Å². The van der Waals surface area contributed by atoms with E-state index in [1.807, 2.05) is 6.92 Å². The third-order valence-corrected chi connectivity index (χ3v) is 3.84. The van der Waals surface area contributed by atoms with Gasteiger partial charge in [-0.15, -0.1) is 0 Å². The second-order valence-corrected chi connectivity index (χ2v) is 4.98. The van der Waals surface area contributed by atoms with Crippen LogP contribution in [-0.2, 0) is 22.4 Å². The van der Waals surface area contributed by atoms with Crippen LogP contribution in [0, 0.1) is 0 Å². The van der Waals surface area contributed by atoms with E-state index in [0.29, 0.717) is 6.61 Å². The van der Waals surface area contributed by atoms with Crippen molar-refractivity contribution in [3.8, 4) is 0 Å². The first-order valence-electron chi connectivity index (χ1n) is 7.23. The summed E-state index contributed by atoms with van der Waals surface area (Å²) in [4.78, 5) is 14.3. The van der Waals surface area contributed by atoms with Crippen molar-refractivity contribution in [1.29, 1.82) is 0 Å². The molecule has 3 nitrogen and oxygen atoms in total. The Morgan fingerprint density at radius 3 is 2.26 bits per heavy atom. The van der Waals surface area contributed by atoms with Crippen molar-refractivity contribution in [2.45, 2.75) is 39.2 Å². The van der Waals surface area contributed by atoms with Gasteiger partial charge in [-0.25, -0.2) is 0 Å². The van der Waals surface area contributed by atoms with Gasteiger partial charge in [0.2, 0.25) is 0 Å².